The van der Waals surface area contributed by atoms with E-state index >= 15 is 0 Å². The van der Waals surface area contributed by atoms with E-state index in [1.165, 1.54) is 18.4 Å². The van der Waals surface area contributed by atoms with E-state index in [1.54, 1.807) is 7.11 Å². The molecule has 0 radical (unpaired) electrons. The van der Waals surface area contributed by atoms with Crippen LogP contribution in [0.25, 0.3) is 0 Å². The number of hydrogen-bond donors (Lipinski definition) is 2. The second-order valence-corrected chi connectivity index (χ2v) is 4.88. The molecule has 1 unspecified atom stereocenters. The van der Waals surface area contributed by atoms with Gasteiger partial charge < -0.3 is 19.9 Å². The van der Waals surface area contributed by atoms with Gasteiger partial charge in [-0.2, -0.15) is 0 Å². The molecule has 19 heavy (non-hydrogen) atoms. The second kappa shape index (κ2) is 7.48. The number of ether oxygens (including phenoxy) is 2. The molecule has 0 spiro atoms. The minimum absolute atomic E-state index is 0.0878. The van der Waals surface area contributed by atoms with Crippen molar-refractivity contribution in [2.24, 2.45) is 5.92 Å². The molecule has 0 amide bonds. The third-order valence-electron chi connectivity index (χ3n) is 3.41. The Morgan fingerprint density at radius 3 is 2.58 bits per heavy atom. The molecular formula is C15H23NO3. The van der Waals surface area contributed by atoms with Crippen LogP contribution >= 0.6 is 0 Å². The Morgan fingerprint density at radius 1 is 1.26 bits per heavy atom. The molecule has 1 fully saturated rings. The number of nitrogens with one attached hydrogen (secondary N) is 1. The predicted octanol–water partition coefficient (Wildman–Crippen LogP) is 1.74. The number of benzene rings is 1. The van der Waals surface area contributed by atoms with Crippen LogP contribution < -0.4 is 10.1 Å². The summed E-state index contributed by atoms with van der Waals surface area (Å²) in [5.41, 5.74) is 1.31. The molecule has 2 N–H and O–H groups in total. The van der Waals surface area contributed by atoms with Gasteiger partial charge in [0.15, 0.2) is 0 Å². The molecule has 106 valence electrons. The van der Waals surface area contributed by atoms with Crippen molar-refractivity contribution in [3.05, 3.63) is 29.8 Å². The summed E-state index contributed by atoms with van der Waals surface area (Å²) in [7, 11) is 1.68. The molecule has 1 aromatic carbocycles. The lowest BCUT2D eigenvalue weighted by Crippen LogP contribution is -2.27. The summed E-state index contributed by atoms with van der Waals surface area (Å²) in [6.07, 6.45) is 2.59. The van der Waals surface area contributed by atoms with Crippen LogP contribution in [0.5, 0.6) is 5.75 Å². The molecule has 0 heterocycles. The van der Waals surface area contributed by atoms with E-state index < -0.39 is 0 Å². The standard InChI is InChI=1S/C15H23NO3/c1-18-14-6-4-13(5-7-14)15(12-2-3-12)16-8-10-19-11-9-17/h4-7,12,15-17H,2-3,8-11H2,1H3. The van der Waals surface area contributed by atoms with Gasteiger partial charge in [0.05, 0.1) is 26.9 Å². The van der Waals surface area contributed by atoms with Gasteiger partial charge in [0.25, 0.3) is 0 Å². The maximum atomic E-state index is 8.64. The maximum Gasteiger partial charge on any atom is 0.118 e. The fourth-order valence-electron chi connectivity index (χ4n) is 2.25. The Kier molecular flexibility index (Phi) is 5.63. The van der Waals surface area contributed by atoms with Crippen molar-refractivity contribution < 1.29 is 14.6 Å². The third kappa shape index (κ3) is 4.49. The van der Waals surface area contributed by atoms with Crippen LogP contribution in [0, 0.1) is 5.92 Å². The summed E-state index contributed by atoms with van der Waals surface area (Å²) in [5.74, 6) is 1.64. The van der Waals surface area contributed by atoms with Crippen LogP contribution in [-0.2, 0) is 4.74 Å². The van der Waals surface area contributed by atoms with Crippen molar-refractivity contribution >= 4 is 0 Å². The average Bonchev–Trinajstić information content (AvgIpc) is 3.28. The van der Waals surface area contributed by atoms with Gasteiger partial charge in [-0.1, -0.05) is 12.1 Å². The van der Waals surface area contributed by atoms with Crippen LogP contribution in [0.2, 0.25) is 0 Å². The normalized spacial score (nSPS) is 16.3. The van der Waals surface area contributed by atoms with Crippen LogP contribution in [-0.4, -0.2) is 38.6 Å². The molecule has 0 saturated heterocycles. The first-order valence-corrected chi connectivity index (χ1v) is 6.91. The van der Waals surface area contributed by atoms with Crippen molar-refractivity contribution in [2.45, 2.75) is 18.9 Å². The van der Waals surface area contributed by atoms with Crippen molar-refractivity contribution in [3.8, 4) is 5.75 Å². The van der Waals surface area contributed by atoms with Gasteiger partial charge >= 0.3 is 0 Å². The highest BCUT2D eigenvalue weighted by atomic mass is 16.5. The molecular weight excluding hydrogens is 242 g/mol. The zero-order valence-electron chi connectivity index (χ0n) is 11.5. The highest BCUT2D eigenvalue weighted by Crippen LogP contribution is 2.41. The van der Waals surface area contributed by atoms with Gasteiger partial charge in [-0.3, -0.25) is 0 Å². The average molecular weight is 265 g/mol. The largest absolute Gasteiger partial charge is 0.497 e. The minimum atomic E-state index is 0.0878. The lowest BCUT2D eigenvalue weighted by molar-refractivity contribution is 0.0922. The summed E-state index contributed by atoms with van der Waals surface area (Å²) in [4.78, 5) is 0. The highest BCUT2D eigenvalue weighted by molar-refractivity contribution is 5.30. The minimum Gasteiger partial charge on any atom is -0.497 e. The fraction of sp³-hybridized carbons (Fsp3) is 0.600. The number of rotatable bonds is 9. The van der Waals surface area contributed by atoms with Gasteiger partial charge in [-0.05, 0) is 36.5 Å². The molecule has 0 aliphatic heterocycles. The third-order valence-corrected chi connectivity index (χ3v) is 3.41. The molecule has 0 aromatic heterocycles. The molecule has 1 aromatic rings. The fourth-order valence-corrected chi connectivity index (χ4v) is 2.25. The highest BCUT2D eigenvalue weighted by Gasteiger charge is 2.31. The number of aliphatic hydroxyl groups excluding tert-OH is 1. The Bertz CT molecular complexity index is 362. The van der Waals surface area contributed by atoms with E-state index in [2.05, 4.69) is 17.4 Å². The van der Waals surface area contributed by atoms with E-state index in [0.29, 0.717) is 19.3 Å². The summed E-state index contributed by atoms with van der Waals surface area (Å²) >= 11 is 0. The summed E-state index contributed by atoms with van der Waals surface area (Å²) in [6.45, 7) is 1.95. The molecule has 4 nitrogen and oxygen atoms in total. The first-order chi connectivity index (χ1) is 9.35. The van der Waals surface area contributed by atoms with Crippen LogP contribution in [0.1, 0.15) is 24.4 Å². The molecule has 4 heteroatoms. The second-order valence-electron chi connectivity index (χ2n) is 4.88. The Balaban J connectivity index is 1.84. The SMILES string of the molecule is COc1ccc(C(NCCOCCO)C2CC2)cc1. The molecule has 1 aliphatic carbocycles. The van der Waals surface area contributed by atoms with Crippen molar-refractivity contribution in [3.63, 3.8) is 0 Å². The number of methoxy groups -OCH3 is 1. The number of hydrogen-bond acceptors (Lipinski definition) is 4. The van der Waals surface area contributed by atoms with Crippen LogP contribution in [0.4, 0.5) is 0 Å². The van der Waals surface area contributed by atoms with Crippen LogP contribution in [0.15, 0.2) is 24.3 Å². The lowest BCUT2D eigenvalue weighted by Gasteiger charge is -2.19. The maximum absolute atomic E-state index is 8.64. The van der Waals surface area contributed by atoms with E-state index in [1.807, 2.05) is 12.1 Å². The summed E-state index contributed by atoms with van der Waals surface area (Å²) in [5, 5.41) is 12.2. The number of aliphatic hydroxyl groups is 1. The smallest absolute Gasteiger partial charge is 0.118 e. The van der Waals surface area contributed by atoms with Crippen molar-refractivity contribution in [1.29, 1.82) is 0 Å². The summed E-state index contributed by atoms with van der Waals surface area (Å²) < 4.78 is 10.5. The van der Waals surface area contributed by atoms with Gasteiger partial charge in [-0.25, -0.2) is 0 Å². The first kappa shape index (κ1) is 14.3. The zero-order chi connectivity index (χ0) is 13.5. The zero-order valence-corrected chi connectivity index (χ0v) is 11.5. The molecule has 1 saturated carbocycles. The topological polar surface area (TPSA) is 50.7 Å². The predicted molar refractivity (Wildman–Crippen MR) is 74.4 cm³/mol. The van der Waals surface area contributed by atoms with Gasteiger partial charge in [0.1, 0.15) is 5.75 Å². The van der Waals surface area contributed by atoms with E-state index in [4.69, 9.17) is 14.6 Å². The molecule has 1 atom stereocenters. The first-order valence-electron chi connectivity index (χ1n) is 6.91. The monoisotopic (exact) mass is 265 g/mol. The Labute approximate surface area is 114 Å². The van der Waals surface area contributed by atoms with E-state index in [9.17, 15) is 0 Å². The van der Waals surface area contributed by atoms with Gasteiger partial charge in [0, 0.05) is 12.6 Å². The Morgan fingerprint density at radius 2 is 2.00 bits per heavy atom. The Hall–Kier alpha value is -1.10. The van der Waals surface area contributed by atoms with E-state index in [-0.39, 0.29) is 6.61 Å². The van der Waals surface area contributed by atoms with E-state index in [0.717, 1.165) is 18.2 Å². The molecule has 1 aliphatic rings. The lowest BCUT2D eigenvalue weighted by atomic mass is 10.0. The molecule has 2 rings (SSSR count). The molecule has 0 bridgehead atoms. The van der Waals surface area contributed by atoms with Crippen molar-refractivity contribution in [1.82, 2.24) is 5.32 Å². The quantitative estimate of drug-likeness (QED) is 0.668. The van der Waals surface area contributed by atoms with Gasteiger partial charge in [0.2, 0.25) is 0 Å². The van der Waals surface area contributed by atoms with Gasteiger partial charge in [-0.15, -0.1) is 0 Å². The summed E-state index contributed by atoms with van der Waals surface area (Å²) in [6, 6.07) is 8.68. The van der Waals surface area contributed by atoms with Crippen molar-refractivity contribution in [2.75, 3.05) is 33.5 Å². The van der Waals surface area contributed by atoms with Crippen LogP contribution in [0.3, 0.4) is 0 Å².